The average Bonchev–Trinajstić information content (AvgIpc) is 2.55. The largest absolute Gasteiger partial charge is 0.444 e. The quantitative estimate of drug-likeness (QED) is 0.630. The number of hydrogen-bond acceptors (Lipinski definition) is 5. The molecule has 2 rings (SSSR count). The van der Waals surface area contributed by atoms with Crippen molar-refractivity contribution in [2.45, 2.75) is 32.9 Å². The van der Waals surface area contributed by atoms with Crippen molar-refractivity contribution in [1.82, 2.24) is 15.2 Å². The number of hydrazone groups is 1. The Labute approximate surface area is 154 Å². The summed E-state index contributed by atoms with van der Waals surface area (Å²) in [6.07, 6.45) is 1.29. The van der Waals surface area contributed by atoms with Crippen molar-refractivity contribution in [2.75, 3.05) is 26.2 Å². The van der Waals surface area contributed by atoms with Gasteiger partial charge in [-0.25, -0.2) is 15.0 Å². The number of urea groups is 1. The summed E-state index contributed by atoms with van der Waals surface area (Å²) < 4.78 is 5.41. The van der Waals surface area contributed by atoms with Crippen molar-refractivity contribution in [3.63, 3.8) is 0 Å². The Morgan fingerprint density at radius 1 is 1.19 bits per heavy atom. The Morgan fingerprint density at radius 2 is 1.81 bits per heavy atom. The van der Waals surface area contributed by atoms with E-state index < -0.39 is 11.6 Å². The van der Waals surface area contributed by atoms with E-state index in [0.29, 0.717) is 13.1 Å². The summed E-state index contributed by atoms with van der Waals surface area (Å²) in [5, 5.41) is 3.73. The molecule has 0 aromatic heterocycles. The first-order valence-electron chi connectivity index (χ1n) is 8.61. The molecule has 0 atom stereocenters. The third-order valence-electron chi connectivity index (χ3n) is 3.80. The molecule has 0 aliphatic carbocycles. The first-order chi connectivity index (χ1) is 12.2. The number of primary amides is 1. The van der Waals surface area contributed by atoms with Crippen LogP contribution in [0.2, 0.25) is 0 Å². The molecule has 0 spiro atoms. The molecular formula is C18H27N5O3. The molecule has 0 saturated carbocycles. The van der Waals surface area contributed by atoms with Gasteiger partial charge in [0.2, 0.25) is 0 Å². The van der Waals surface area contributed by atoms with Crippen molar-refractivity contribution in [3.05, 3.63) is 35.4 Å². The van der Waals surface area contributed by atoms with E-state index in [2.05, 4.69) is 15.4 Å². The minimum Gasteiger partial charge on any atom is -0.444 e. The van der Waals surface area contributed by atoms with Crippen LogP contribution in [-0.2, 0) is 11.3 Å². The molecule has 1 aliphatic rings. The molecule has 8 nitrogen and oxygen atoms in total. The molecule has 142 valence electrons. The zero-order valence-electron chi connectivity index (χ0n) is 15.6. The Balaban J connectivity index is 1.79. The van der Waals surface area contributed by atoms with Crippen molar-refractivity contribution < 1.29 is 14.3 Å². The lowest BCUT2D eigenvalue weighted by Crippen LogP contribution is -2.49. The maximum atomic E-state index is 12.1. The monoisotopic (exact) mass is 361 g/mol. The third kappa shape index (κ3) is 6.72. The lowest BCUT2D eigenvalue weighted by atomic mass is 10.1. The van der Waals surface area contributed by atoms with Crippen LogP contribution in [0, 0.1) is 0 Å². The highest BCUT2D eigenvalue weighted by Crippen LogP contribution is 2.13. The molecule has 26 heavy (non-hydrogen) atoms. The highest BCUT2D eigenvalue weighted by molar-refractivity contribution is 5.81. The maximum Gasteiger partial charge on any atom is 0.410 e. The van der Waals surface area contributed by atoms with Crippen molar-refractivity contribution >= 4 is 18.3 Å². The lowest BCUT2D eigenvalue weighted by molar-refractivity contribution is 0.0139. The van der Waals surface area contributed by atoms with Gasteiger partial charge in [0.05, 0.1) is 6.21 Å². The van der Waals surface area contributed by atoms with Crippen molar-refractivity contribution in [3.8, 4) is 0 Å². The first kappa shape index (κ1) is 19.7. The standard InChI is InChI=1S/C18H27N5O3/c1-18(2,3)26-17(25)23-10-8-22(9-11-23)13-15-6-4-14(5-7-15)12-20-21-16(19)24/h4-7,12H,8-11,13H2,1-3H3,(H3,19,21,24). The van der Waals surface area contributed by atoms with Gasteiger partial charge in [-0.3, -0.25) is 4.90 Å². The summed E-state index contributed by atoms with van der Waals surface area (Å²) in [6, 6.07) is 7.21. The van der Waals surface area contributed by atoms with Gasteiger partial charge in [0.25, 0.3) is 0 Å². The van der Waals surface area contributed by atoms with Gasteiger partial charge in [0.15, 0.2) is 0 Å². The molecule has 1 saturated heterocycles. The number of benzene rings is 1. The van der Waals surface area contributed by atoms with E-state index >= 15 is 0 Å². The predicted molar refractivity (Wildman–Crippen MR) is 99.8 cm³/mol. The molecule has 1 fully saturated rings. The minimum absolute atomic E-state index is 0.245. The van der Waals surface area contributed by atoms with Crippen LogP contribution >= 0.6 is 0 Å². The highest BCUT2D eigenvalue weighted by Gasteiger charge is 2.25. The van der Waals surface area contributed by atoms with E-state index in [9.17, 15) is 9.59 Å². The fraction of sp³-hybridized carbons (Fsp3) is 0.500. The number of ether oxygens (including phenoxy) is 1. The normalized spacial score (nSPS) is 15.9. The predicted octanol–water partition coefficient (Wildman–Crippen LogP) is 1.74. The van der Waals surface area contributed by atoms with Crippen LogP contribution in [0.15, 0.2) is 29.4 Å². The average molecular weight is 361 g/mol. The van der Waals surface area contributed by atoms with Gasteiger partial charge in [0.1, 0.15) is 5.60 Å². The molecule has 8 heteroatoms. The van der Waals surface area contributed by atoms with Crippen LogP contribution in [0.4, 0.5) is 9.59 Å². The number of piperazine rings is 1. The van der Waals surface area contributed by atoms with E-state index in [1.807, 2.05) is 45.0 Å². The fourth-order valence-electron chi connectivity index (χ4n) is 2.55. The van der Waals surface area contributed by atoms with Crippen LogP contribution in [0.3, 0.4) is 0 Å². The van der Waals surface area contributed by atoms with Gasteiger partial charge in [-0.1, -0.05) is 24.3 Å². The highest BCUT2D eigenvalue weighted by atomic mass is 16.6. The molecular weight excluding hydrogens is 334 g/mol. The van der Waals surface area contributed by atoms with Crippen molar-refractivity contribution in [1.29, 1.82) is 0 Å². The molecule has 0 unspecified atom stereocenters. The zero-order valence-corrected chi connectivity index (χ0v) is 15.6. The van der Waals surface area contributed by atoms with Gasteiger partial charge >= 0.3 is 12.1 Å². The molecule has 1 heterocycles. The molecule has 3 amide bonds. The Bertz CT molecular complexity index is 644. The van der Waals surface area contributed by atoms with Gasteiger partial charge < -0.3 is 15.4 Å². The van der Waals surface area contributed by atoms with Crippen LogP contribution in [-0.4, -0.2) is 59.9 Å². The molecule has 0 radical (unpaired) electrons. The van der Waals surface area contributed by atoms with E-state index in [4.69, 9.17) is 10.5 Å². The summed E-state index contributed by atoms with van der Waals surface area (Å²) in [5.41, 5.74) is 8.68. The second-order valence-corrected chi connectivity index (χ2v) is 7.22. The van der Waals surface area contributed by atoms with Crippen molar-refractivity contribution in [2.24, 2.45) is 10.8 Å². The molecule has 3 N–H and O–H groups in total. The molecule has 1 aromatic carbocycles. The Hall–Kier alpha value is -2.61. The minimum atomic E-state index is -0.691. The summed E-state index contributed by atoms with van der Waals surface area (Å²) in [7, 11) is 0. The number of nitrogens with two attached hydrogens (primary N) is 1. The lowest BCUT2D eigenvalue weighted by Gasteiger charge is -2.35. The first-order valence-corrected chi connectivity index (χ1v) is 8.61. The van der Waals surface area contributed by atoms with Crippen LogP contribution < -0.4 is 11.2 Å². The van der Waals surface area contributed by atoms with Crippen LogP contribution in [0.1, 0.15) is 31.9 Å². The Morgan fingerprint density at radius 3 is 2.35 bits per heavy atom. The van der Waals surface area contributed by atoms with E-state index in [0.717, 1.165) is 25.2 Å². The number of nitrogens with one attached hydrogen (secondary N) is 1. The molecule has 0 bridgehead atoms. The summed E-state index contributed by atoms with van der Waals surface area (Å²) >= 11 is 0. The summed E-state index contributed by atoms with van der Waals surface area (Å²) in [5.74, 6) is 0. The Kier molecular flexibility index (Phi) is 6.57. The third-order valence-corrected chi connectivity index (χ3v) is 3.80. The van der Waals surface area contributed by atoms with Crippen LogP contribution in [0.5, 0.6) is 0 Å². The molecule has 1 aromatic rings. The SMILES string of the molecule is CC(C)(C)OC(=O)N1CCN(Cc2ccc(C=NNC(N)=O)cc2)CC1. The molecule has 1 aliphatic heterocycles. The topological polar surface area (TPSA) is 100 Å². The zero-order chi connectivity index (χ0) is 19.2. The van der Waals surface area contributed by atoms with Crippen LogP contribution in [0.25, 0.3) is 0 Å². The number of carbonyl (C=O) groups excluding carboxylic acids is 2. The van der Waals surface area contributed by atoms with E-state index in [-0.39, 0.29) is 6.09 Å². The van der Waals surface area contributed by atoms with E-state index in [1.54, 1.807) is 4.90 Å². The van der Waals surface area contributed by atoms with Gasteiger partial charge in [-0.05, 0) is 31.9 Å². The number of carbonyl (C=O) groups is 2. The summed E-state index contributed by atoms with van der Waals surface area (Å²) in [6.45, 7) is 9.39. The van der Waals surface area contributed by atoms with Gasteiger partial charge in [-0.2, -0.15) is 5.10 Å². The second kappa shape index (κ2) is 8.66. The number of rotatable bonds is 4. The number of hydrogen-bond donors (Lipinski definition) is 2. The van der Waals surface area contributed by atoms with Gasteiger partial charge in [-0.15, -0.1) is 0 Å². The number of nitrogens with zero attached hydrogens (tertiary/aromatic N) is 3. The van der Waals surface area contributed by atoms with Gasteiger partial charge in [0, 0.05) is 32.7 Å². The smallest absolute Gasteiger partial charge is 0.410 e. The van der Waals surface area contributed by atoms with E-state index in [1.165, 1.54) is 11.8 Å². The number of amides is 3. The maximum absolute atomic E-state index is 12.1. The second-order valence-electron chi connectivity index (χ2n) is 7.22. The fourth-order valence-corrected chi connectivity index (χ4v) is 2.55. The summed E-state index contributed by atoms with van der Waals surface area (Å²) in [4.78, 5) is 26.7.